The quantitative estimate of drug-likeness (QED) is 0.592. The van der Waals surface area contributed by atoms with Gasteiger partial charge in [-0.05, 0) is 25.3 Å². The van der Waals surface area contributed by atoms with Crippen LogP contribution in [-0.2, 0) is 9.59 Å². The van der Waals surface area contributed by atoms with Crippen molar-refractivity contribution < 1.29 is 14.3 Å². The normalized spacial score (nSPS) is 17.3. The van der Waals surface area contributed by atoms with Crippen LogP contribution in [0.15, 0.2) is 30.3 Å². The molecule has 0 bridgehead atoms. The Bertz CT molecular complexity index is 737. The molecule has 0 aromatic heterocycles. The Hall–Kier alpha value is -2.34. The van der Waals surface area contributed by atoms with Crippen molar-refractivity contribution in [2.45, 2.75) is 32.6 Å². The van der Waals surface area contributed by atoms with Gasteiger partial charge in [-0.25, -0.2) is 0 Å². The summed E-state index contributed by atoms with van der Waals surface area (Å²) < 4.78 is 5.39. The van der Waals surface area contributed by atoms with E-state index in [2.05, 4.69) is 4.90 Å². The third-order valence-corrected chi connectivity index (χ3v) is 5.88. The number of methoxy groups -OCH3 is 1. The summed E-state index contributed by atoms with van der Waals surface area (Å²) >= 11 is 0. The van der Waals surface area contributed by atoms with Crippen LogP contribution in [0.5, 0.6) is 5.75 Å². The first-order valence-electron chi connectivity index (χ1n) is 11.2. The average molecular weight is 414 g/mol. The molecule has 2 aliphatic rings. The molecule has 0 N–H and O–H groups in total. The van der Waals surface area contributed by atoms with Crippen LogP contribution < -0.4 is 4.74 Å². The third kappa shape index (κ3) is 6.33. The van der Waals surface area contributed by atoms with Crippen molar-refractivity contribution in [2.24, 2.45) is 5.92 Å². The monoisotopic (exact) mass is 413 g/mol. The van der Waals surface area contributed by atoms with Gasteiger partial charge >= 0.3 is 0 Å². The highest BCUT2D eigenvalue weighted by molar-refractivity contribution is 5.81. The van der Waals surface area contributed by atoms with Crippen LogP contribution in [0.1, 0.15) is 38.2 Å². The van der Waals surface area contributed by atoms with E-state index in [1.165, 1.54) is 0 Å². The zero-order valence-corrected chi connectivity index (χ0v) is 18.4. The van der Waals surface area contributed by atoms with Crippen LogP contribution in [0.4, 0.5) is 0 Å². The van der Waals surface area contributed by atoms with Crippen LogP contribution in [0.25, 0.3) is 6.08 Å². The molecule has 1 aromatic carbocycles. The van der Waals surface area contributed by atoms with Crippen LogP contribution >= 0.6 is 0 Å². The largest absolute Gasteiger partial charge is 0.496 e. The van der Waals surface area contributed by atoms with E-state index in [4.69, 9.17) is 4.74 Å². The lowest BCUT2D eigenvalue weighted by Gasteiger charge is -2.36. The molecule has 30 heavy (non-hydrogen) atoms. The number of para-hydroxylation sites is 1. The highest BCUT2D eigenvalue weighted by Crippen LogP contribution is 2.31. The molecule has 0 unspecified atom stereocenters. The van der Waals surface area contributed by atoms with Gasteiger partial charge in [-0.1, -0.05) is 37.3 Å². The van der Waals surface area contributed by atoms with E-state index in [1.807, 2.05) is 53.1 Å². The number of benzene rings is 1. The van der Waals surface area contributed by atoms with E-state index in [0.717, 1.165) is 63.3 Å². The molecule has 3 rings (SSSR count). The zero-order chi connectivity index (χ0) is 21.3. The molecule has 0 atom stereocenters. The number of carbonyl (C=O) groups excluding carboxylic acids is 2. The maximum atomic E-state index is 12.6. The summed E-state index contributed by atoms with van der Waals surface area (Å²) in [6, 6.07) is 7.88. The van der Waals surface area contributed by atoms with Gasteiger partial charge in [0.2, 0.25) is 11.8 Å². The summed E-state index contributed by atoms with van der Waals surface area (Å²) in [6.45, 7) is 7.61. The van der Waals surface area contributed by atoms with Crippen LogP contribution in [-0.4, -0.2) is 79.4 Å². The second-order valence-corrected chi connectivity index (χ2v) is 8.18. The summed E-state index contributed by atoms with van der Waals surface area (Å²) in [4.78, 5) is 31.1. The van der Waals surface area contributed by atoms with Gasteiger partial charge in [0.15, 0.2) is 0 Å². The molecule has 0 radical (unpaired) electrons. The van der Waals surface area contributed by atoms with E-state index in [1.54, 1.807) is 7.11 Å². The molecule has 164 valence electrons. The lowest BCUT2D eigenvalue weighted by Crippen LogP contribution is -2.51. The summed E-state index contributed by atoms with van der Waals surface area (Å²) in [5.74, 6) is 1.67. The topological polar surface area (TPSA) is 53.1 Å². The molecule has 1 saturated heterocycles. The SMILES string of the molecule is CCCC(=O)N(C/C=C/c1ccccc1OC)CCN1CCN(C(=O)C2CC2)CC1. The number of rotatable bonds is 10. The van der Waals surface area contributed by atoms with Gasteiger partial charge in [0, 0.05) is 63.7 Å². The molecule has 2 amide bonds. The molecule has 0 spiro atoms. The van der Waals surface area contributed by atoms with Crippen molar-refractivity contribution in [2.75, 3.05) is 52.9 Å². The Labute approximate surface area is 180 Å². The Morgan fingerprint density at radius 1 is 1.17 bits per heavy atom. The number of ether oxygens (including phenoxy) is 1. The Morgan fingerprint density at radius 2 is 1.90 bits per heavy atom. The van der Waals surface area contributed by atoms with Crippen molar-refractivity contribution in [3.8, 4) is 5.75 Å². The van der Waals surface area contributed by atoms with E-state index >= 15 is 0 Å². The molecule has 1 heterocycles. The van der Waals surface area contributed by atoms with E-state index in [0.29, 0.717) is 31.3 Å². The molecular weight excluding hydrogens is 378 g/mol. The highest BCUT2D eigenvalue weighted by atomic mass is 16.5. The lowest BCUT2D eigenvalue weighted by molar-refractivity contribution is -0.134. The standard InChI is InChI=1S/C24H35N3O3/c1-3-7-23(28)26(13-6-9-20-8-4-5-10-22(20)30-2)17-14-25-15-18-27(19-16-25)24(29)21-11-12-21/h4-6,8-10,21H,3,7,11-19H2,1-2H3/b9-6+. The molecule has 6 heteroatoms. The van der Waals surface area contributed by atoms with Gasteiger partial charge < -0.3 is 14.5 Å². The summed E-state index contributed by atoms with van der Waals surface area (Å²) in [6.07, 6.45) is 7.62. The summed E-state index contributed by atoms with van der Waals surface area (Å²) in [5.41, 5.74) is 1.01. The van der Waals surface area contributed by atoms with Gasteiger partial charge in [-0.3, -0.25) is 14.5 Å². The van der Waals surface area contributed by atoms with E-state index in [9.17, 15) is 9.59 Å². The third-order valence-electron chi connectivity index (χ3n) is 5.88. The maximum absolute atomic E-state index is 12.6. The van der Waals surface area contributed by atoms with Crippen molar-refractivity contribution in [3.05, 3.63) is 35.9 Å². The molecule has 1 aromatic rings. The number of amides is 2. The number of piperazine rings is 1. The van der Waals surface area contributed by atoms with Crippen molar-refractivity contribution in [1.82, 2.24) is 14.7 Å². The van der Waals surface area contributed by atoms with Gasteiger partial charge in [0.25, 0.3) is 0 Å². The number of hydrogen-bond donors (Lipinski definition) is 0. The molecule has 1 saturated carbocycles. The van der Waals surface area contributed by atoms with E-state index in [-0.39, 0.29) is 5.91 Å². The summed E-state index contributed by atoms with van der Waals surface area (Å²) in [5, 5.41) is 0. The van der Waals surface area contributed by atoms with E-state index < -0.39 is 0 Å². The van der Waals surface area contributed by atoms with Crippen molar-refractivity contribution in [3.63, 3.8) is 0 Å². The zero-order valence-electron chi connectivity index (χ0n) is 18.4. The number of carbonyl (C=O) groups is 2. The smallest absolute Gasteiger partial charge is 0.225 e. The predicted octanol–water partition coefficient (Wildman–Crippen LogP) is 2.89. The molecular formula is C24H35N3O3. The van der Waals surface area contributed by atoms with Gasteiger partial charge in [0.1, 0.15) is 5.75 Å². The molecule has 1 aliphatic heterocycles. The summed E-state index contributed by atoms with van der Waals surface area (Å²) in [7, 11) is 1.67. The Kier molecular flexibility index (Phi) is 8.31. The average Bonchev–Trinajstić information content (AvgIpc) is 3.62. The fourth-order valence-corrected chi connectivity index (χ4v) is 3.84. The first kappa shape index (κ1) is 22.3. The Balaban J connectivity index is 1.49. The minimum absolute atomic E-state index is 0.199. The second-order valence-electron chi connectivity index (χ2n) is 8.18. The maximum Gasteiger partial charge on any atom is 0.225 e. The van der Waals surface area contributed by atoms with Gasteiger partial charge in [-0.15, -0.1) is 0 Å². The molecule has 1 aliphatic carbocycles. The van der Waals surface area contributed by atoms with Gasteiger partial charge in [-0.2, -0.15) is 0 Å². The molecule has 2 fully saturated rings. The van der Waals surface area contributed by atoms with Gasteiger partial charge in [0.05, 0.1) is 7.11 Å². The van der Waals surface area contributed by atoms with Crippen LogP contribution in [0.2, 0.25) is 0 Å². The fourth-order valence-electron chi connectivity index (χ4n) is 3.84. The minimum atomic E-state index is 0.199. The lowest BCUT2D eigenvalue weighted by atomic mass is 10.2. The highest BCUT2D eigenvalue weighted by Gasteiger charge is 2.34. The van der Waals surface area contributed by atoms with Crippen molar-refractivity contribution in [1.29, 1.82) is 0 Å². The van der Waals surface area contributed by atoms with Crippen molar-refractivity contribution >= 4 is 17.9 Å². The number of hydrogen-bond acceptors (Lipinski definition) is 4. The first-order valence-corrected chi connectivity index (χ1v) is 11.2. The number of nitrogens with zero attached hydrogens (tertiary/aromatic N) is 3. The fraction of sp³-hybridized carbons (Fsp3) is 0.583. The minimum Gasteiger partial charge on any atom is -0.496 e. The van der Waals surface area contributed by atoms with Crippen LogP contribution in [0.3, 0.4) is 0 Å². The predicted molar refractivity (Wildman–Crippen MR) is 119 cm³/mol. The Morgan fingerprint density at radius 3 is 2.57 bits per heavy atom. The first-order chi connectivity index (χ1) is 14.6. The second kappa shape index (κ2) is 11.2. The van der Waals surface area contributed by atoms with Crippen LogP contribution in [0, 0.1) is 5.92 Å². The molecule has 6 nitrogen and oxygen atoms in total.